The van der Waals surface area contributed by atoms with Crippen LogP contribution in [0.15, 0.2) is 6.07 Å². The predicted octanol–water partition coefficient (Wildman–Crippen LogP) is 2.36. The van der Waals surface area contributed by atoms with Gasteiger partial charge in [0.15, 0.2) is 5.69 Å². The second kappa shape index (κ2) is 6.74. The number of aliphatic hydroxyl groups excluding tert-OH is 1. The molecule has 0 aliphatic carbocycles. The number of hydrogen-bond acceptors (Lipinski definition) is 5. The fraction of sp³-hybridized carbons (Fsp3) is 0.667. The standard InChI is InChI=1S/C12H19F3N4O/c1-4-16-11-18-9(12(13,14)15)5-10(19-11)17-8(6-20)7(2)3/h5,7-8,20H,4,6H2,1-3H3,(H2,16,17,18,19). The maximum Gasteiger partial charge on any atom is 0.433 e. The lowest BCUT2D eigenvalue weighted by molar-refractivity contribution is -0.141. The van der Waals surface area contributed by atoms with Crippen molar-refractivity contribution in [2.45, 2.75) is 33.0 Å². The van der Waals surface area contributed by atoms with Crippen LogP contribution in [0.1, 0.15) is 26.5 Å². The molecule has 1 aromatic rings. The van der Waals surface area contributed by atoms with Gasteiger partial charge in [0.1, 0.15) is 5.82 Å². The van der Waals surface area contributed by atoms with Crippen molar-refractivity contribution in [1.29, 1.82) is 0 Å². The summed E-state index contributed by atoms with van der Waals surface area (Å²) < 4.78 is 38.3. The average Bonchev–Trinajstić information content (AvgIpc) is 2.34. The van der Waals surface area contributed by atoms with Crippen molar-refractivity contribution in [1.82, 2.24) is 9.97 Å². The van der Waals surface area contributed by atoms with E-state index in [1.54, 1.807) is 6.92 Å². The Balaban J connectivity index is 3.08. The van der Waals surface area contributed by atoms with Gasteiger partial charge in [0, 0.05) is 12.6 Å². The lowest BCUT2D eigenvalue weighted by Crippen LogP contribution is -2.30. The number of alkyl halides is 3. The summed E-state index contributed by atoms with van der Waals surface area (Å²) in [6.45, 7) is 5.66. The molecule has 0 aromatic carbocycles. The Morgan fingerprint density at radius 1 is 1.30 bits per heavy atom. The minimum absolute atomic E-state index is 0.0380. The molecule has 0 aliphatic heterocycles. The molecule has 0 radical (unpaired) electrons. The zero-order valence-corrected chi connectivity index (χ0v) is 11.6. The van der Waals surface area contributed by atoms with Gasteiger partial charge in [-0.25, -0.2) is 4.98 Å². The Morgan fingerprint density at radius 3 is 2.40 bits per heavy atom. The van der Waals surface area contributed by atoms with E-state index in [0.717, 1.165) is 6.07 Å². The molecule has 1 rings (SSSR count). The second-order valence-corrected chi connectivity index (χ2v) is 4.67. The summed E-state index contributed by atoms with van der Waals surface area (Å²) in [5, 5.41) is 14.7. The number of aromatic nitrogens is 2. The first-order valence-electron chi connectivity index (χ1n) is 6.35. The fourth-order valence-electron chi connectivity index (χ4n) is 1.52. The lowest BCUT2D eigenvalue weighted by Gasteiger charge is -2.21. The maximum absolute atomic E-state index is 12.8. The summed E-state index contributed by atoms with van der Waals surface area (Å²) in [7, 11) is 0. The van der Waals surface area contributed by atoms with Crippen molar-refractivity contribution in [2.24, 2.45) is 5.92 Å². The smallest absolute Gasteiger partial charge is 0.394 e. The third-order valence-electron chi connectivity index (χ3n) is 2.69. The molecule has 0 amide bonds. The van der Waals surface area contributed by atoms with Gasteiger partial charge in [-0.2, -0.15) is 18.2 Å². The minimum Gasteiger partial charge on any atom is -0.394 e. The van der Waals surface area contributed by atoms with Gasteiger partial charge in [-0.3, -0.25) is 0 Å². The Hall–Kier alpha value is -1.57. The van der Waals surface area contributed by atoms with Crippen molar-refractivity contribution in [3.8, 4) is 0 Å². The fourth-order valence-corrected chi connectivity index (χ4v) is 1.52. The van der Waals surface area contributed by atoms with E-state index in [4.69, 9.17) is 0 Å². The summed E-state index contributed by atoms with van der Waals surface area (Å²) in [5.74, 6) is -0.00631. The quantitative estimate of drug-likeness (QED) is 0.751. The van der Waals surface area contributed by atoms with E-state index >= 15 is 0 Å². The molecule has 20 heavy (non-hydrogen) atoms. The van der Waals surface area contributed by atoms with Crippen LogP contribution in [0, 0.1) is 5.92 Å². The highest BCUT2D eigenvalue weighted by Crippen LogP contribution is 2.30. The topological polar surface area (TPSA) is 70.1 Å². The SMILES string of the molecule is CCNc1nc(NC(CO)C(C)C)cc(C(F)(F)F)n1. The van der Waals surface area contributed by atoms with Crippen LogP contribution in [0.4, 0.5) is 24.9 Å². The summed E-state index contributed by atoms with van der Waals surface area (Å²) in [4.78, 5) is 7.39. The van der Waals surface area contributed by atoms with Crippen LogP contribution in [0.3, 0.4) is 0 Å². The van der Waals surface area contributed by atoms with E-state index in [9.17, 15) is 18.3 Å². The predicted molar refractivity (Wildman–Crippen MR) is 70.5 cm³/mol. The average molecular weight is 292 g/mol. The molecule has 1 unspecified atom stereocenters. The van der Waals surface area contributed by atoms with Gasteiger partial charge in [-0.05, 0) is 12.8 Å². The van der Waals surface area contributed by atoms with Gasteiger partial charge < -0.3 is 15.7 Å². The summed E-state index contributed by atoms with van der Waals surface area (Å²) >= 11 is 0. The van der Waals surface area contributed by atoms with Crippen molar-refractivity contribution >= 4 is 11.8 Å². The van der Waals surface area contributed by atoms with Crippen molar-refractivity contribution in [2.75, 3.05) is 23.8 Å². The zero-order valence-electron chi connectivity index (χ0n) is 11.6. The normalized spacial score (nSPS) is 13.4. The molecule has 8 heteroatoms. The lowest BCUT2D eigenvalue weighted by atomic mass is 10.1. The molecular formula is C12H19F3N4O. The number of hydrogen-bond donors (Lipinski definition) is 3. The van der Waals surface area contributed by atoms with Gasteiger partial charge in [-0.15, -0.1) is 0 Å². The van der Waals surface area contributed by atoms with E-state index in [1.807, 2.05) is 13.8 Å². The van der Waals surface area contributed by atoms with Crippen LogP contribution in [0.2, 0.25) is 0 Å². The molecule has 0 aliphatic rings. The van der Waals surface area contributed by atoms with Crippen LogP contribution in [-0.4, -0.2) is 34.3 Å². The summed E-state index contributed by atoms with van der Waals surface area (Å²) in [5.41, 5.74) is -1.02. The van der Waals surface area contributed by atoms with Crippen LogP contribution in [0.5, 0.6) is 0 Å². The van der Waals surface area contributed by atoms with Gasteiger partial charge in [0.2, 0.25) is 5.95 Å². The first kappa shape index (κ1) is 16.5. The molecule has 1 heterocycles. The van der Waals surface area contributed by atoms with Crippen molar-refractivity contribution < 1.29 is 18.3 Å². The zero-order chi connectivity index (χ0) is 15.3. The molecule has 114 valence electrons. The second-order valence-electron chi connectivity index (χ2n) is 4.67. The first-order valence-corrected chi connectivity index (χ1v) is 6.35. The molecule has 0 fully saturated rings. The molecule has 0 saturated heterocycles. The van der Waals surface area contributed by atoms with Crippen molar-refractivity contribution in [3.63, 3.8) is 0 Å². The number of nitrogens with zero attached hydrogens (tertiary/aromatic N) is 2. The third kappa shape index (κ3) is 4.52. The number of rotatable bonds is 6. The van der Waals surface area contributed by atoms with Crippen LogP contribution in [0.25, 0.3) is 0 Å². The number of aliphatic hydroxyl groups is 1. The highest BCUT2D eigenvalue weighted by atomic mass is 19.4. The van der Waals surface area contributed by atoms with Gasteiger partial charge >= 0.3 is 6.18 Å². The van der Waals surface area contributed by atoms with Gasteiger partial charge in [0.25, 0.3) is 0 Å². The summed E-state index contributed by atoms with van der Waals surface area (Å²) in [6, 6.07) is 0.465. The first-order chi connectivity index (χ1) is 9.27. The number of nitrogens with one attached hydrogen (secondary N) is 2. The molecule has 0 spiro atoms. The van der Waals surface area contributed by atoms with E-state index in [1.165, 1.54) is 0 Å². The molecule has 1 aromatic heterocycles. The molecule has 0 bridgehead atoms. The van der Waals surface area contributed by atoms with E-state index in [2.05, 4.69) is 20.6 Å². The molecule has 3 N–H and O–H groups in total. The van der Waals surface area contributed by atoms with Gasteiger partial charge in [0.05, 0.1) is 12.6 Å². The Morgan fingerprint density at radius 2 is 1.95 bits per heavy atom. The third-order valence-corrected chi connectivity index (χ3v) is 2.69. The van der Waals surface area contributed by atoms with Crippen LogP contribution in [-0.2, 0) is 6.18 Å². The van der Waals surface area contributed by atoms with Crippen LogP contribution >= 0.6 is 0 Å². The monoisotopic (exact) mass is 292 g/mol. The molecule has 1 atom stereocenters. The van der Waals surface area contributed by atoms with E-state index in [0.29, 0.717) is 6.54 Å². The minimum atomic E-state index is -4.55. The van der Waals surface area contributed by atoms with E-state index < -0.39 is 11.9 Å². The Kier molecular flexibility index (Phi) is 5.55. The van der Waals surface area contributed by atoms with Crippen molar-refractivity contribution in [3.05, 3.63) is 11.8 Å². The molecule has 5 nitrogen and oxygen atoms in total. The number of anilines is 2. The van der Waals surface area contributed by atoms with E-state index in [-0.39, 0.29) is 30.3 Å². The van der Waals surface area contributed by atoms with Crippen LogP contribution < -0.4 is 10.6 Å². The number of halogens is 3. The molecule has 0 saturated carbocycles. The Labute approximate surface area is 115 Å². The largest absolute Gasteiger partial charge is 0.433 e. The van der Waals surface area contributed by atoms with Gasteiger partial charge in [-0.1, -0.05) is 13.8 Å². The summed E-state index contributed by atoms with van der Waals surface area (Å²) in [6.07, 6.45) is -4.55. The highest BCUT2D eigenvalue weighted by Gasteiger charge is 2.34. The molecular weight excluding hydrogens is 273 g/mol. The highest BCUT2D eigenvalue weighted by molar-refractivity contribution is 5.44. The maximum atomic E-state index is 12.8. The Bertz CT molecular complexity index is 437.